The molecule has 31 heavy (non-hydrogen) atoms. The highest BCUT2D eigenvalue weighted by Crippen LogP contribution is 2.56. The first-order valence-electron chi connectivity index (χ1n) is 11.8. The highest BCUT2D eigenvalue weighted by Gasteiger charge is 2.55. The van der Waals surface area contributed by atoms with Crippen LogP contribution < -0.4 is 4.74 Å². The lowest BCUT2D eigenvalue weighted by molar-refractivity contribution is -0.0771. The number of methoxy groups -OCH3 is 2. The van der Waals surface area contributed by atoms with Gasteiger partial charge in [0.15, 0.2) is 0 Å². The molecule has 3 aliphatic rings. The minimum atomic E-state index is 0.220. The molecule has 1 aromatic carbocycles. The fourth-order valence-corrected chi connectivity index (χ4v) is 6.17. The van der Waals surface area contributed by atoms with Gasteiger partial charge in [0.05, 0.1) is 52.9 Å². The molecule has 2 fully saturated rings. The topological polar surface area (TPSA) is 49.4 Å². The average Bonchev–Trinajstić information content (AvgIpc) is 2.80. The van der Waals surface area contributed by atoms with Gasteiger partial charge < -0.3 is 28.6 Å². The maximum Gasteiger partial charge on any atom is 0.119 e. The zero-order chi connectivity index (χ0) is 21.7. The fourth-order valence-electron chi connectivity index (χ4n) is 6.17. The molecule has 1 unspecified atom stereocenters. The zero-order valence-corrected chi connectivity index (χ0v) is 19.4. The SMILES string of the molecule is COCCOCCOCCOC1CC[C@H]2[C@H]3Cc4ccc(OC)cc4[C@@]2(CCN3C)C1. The van der Waals surface area contributed by atoms with Crippen LogP contribution in [0.2, 0.25) is 0 Å². The van der Waals surface area contributed by atoms with E-state index in [1.807, 2.05) is 0 Å². The summed E-state index contributed by atoms with van der Waals surface area (Å²) in [4.78, 5) is 2.60. The van der Waals surface area contributed by atoms with Gasteiger partial charge in [-0.3, -0.25) is 0 Å². The second-order valence-electron chi connectivity index (χ2n) is 9.28. The van der Waals surface area contributed by atoms with Crippen LogP contribution in [-0.2, 0) is 30.8 Å². The van der Waals surface area contributed by atoms with E-state index in [-0.39, 0.29) is 5.41 Å². The molecule has 0 radical (unpaired) electrons. The molecule has 0 spiro atoms. The molecule has 6 heteroatoms. The highest BCUT2D eigenvalue weighted by molar-refractivity contribution is 5.45. The molecular weight excluding hydrogens is 394 g/mol. The van der Waals surface area contributed by atoms with E-state index in [1.165, 1.54) is 24.0 Å². The zero-order valence-electron chi connectivity index (χ0n) is 19.4. The molecule has 2 aliphatic carbocycles. The number of benzene rings is 1. The van der Waals surface area contributed by atoms with Crippen LogP contribution in [0, 0.1) is 5.92 Å². The summed E-state index contributed by atoms with van der Waals surface area (Å²) in [5, 5.41) is 0. The van der Waals surface area contributed by atoms with E-state index in [4.69, 9.17) is 23.7 Å². The number of rotatable bonds is 11. The maximum absolute atomic E-state index is 6.33. The number of likely N-dealkylation sites (N-methyl/N-ethyl adjacent to an activating group) is 1. The first-order valence-corrected chi connectivity index (χ1v) is 11.8. The van der Waals surface area contributed by atoms with Crippen molar-refractivity contribution in [1.29, 1.82) is 0 Å². The normalized spacial score (nSPS) is 30.0. The number of hydrogen-bond acceptors (Lipinski definition) is 6. The first kappa shape index (κ1) is 23.0. The molecule has 4 atom stereocenters. The summed E-state index contributed by atoms with van der Waals surface area (Å²) in [6, 6.07) is 7.39. The molecule has 1 saturated heterocycles. The molecule has 1 aliphatic heterocycles. The Balaban J connectivity index is 1.35. The van der Waals surface area contributed by atoms with Crippen LogP contribution in [0.5, 0.6) is 5.75 Å². The van der Waals surface area contributed by atoms with E-state index in [0.29, 0.717) is 57.7 Å². The van der Waals surface area contributed by atoms with Crippen LogP contribution in [-0.4, -0.2) is 84.5 Å². The van der Waals surface area contributed by atoms with Crippen LogP contribution in [0.25, 0.3) is 0 Å². The smallest absolute Gasteiger partial charge is 0.119 e. The van der Waals surface area contributed by atoms with Gasteiger partial charge in [-0.25, -0.2) is 0 Å². The van der Waals surface area contributed by atoms with Crippen molar-refractivity contribution in [3.63, 3.8) is 0 Å². The van der Waals surface area contributed by atoms with Gasteiger partial charge in [-0.15, -0.1) is 0 Å². The van der Waals surface area contributed by atoms with Gasteiger partial charge in [-0.05, 0) is 74.9 Å². The summed E-state index contributed by atoms with van der Waals surface area (Å²) >= 11 is 0. The second kappa shape index (κ2) is 10.6. The van der Waals surface area contributed by atoms with E-state index in [9.17, 15) is 0 Å². The summed E-state index contributed by atoms with van der Waals surface area (Å²) in [7, 11) is 5.76. The van der Waals surface area contributed by atoms with Crippen molar-refractivity contribution in [2.75, 3.05) is 67.5 Å². The van der Waals surface area contributed by atoms with Crippen molar-refractivity contribution < 1.29 is 23.7 Å². The molecule has 1 aromatic rings. The number of nitrogens with zero attached hydrogens (tertiary/aromatic N) is 1. The van der Waals surface area contributed by atoms with Crippen molar-refractivity contribution in [3.05, 3.63) is 29.3 Å². The summed E-state index contributed by atoms with van der Waals surface area (Å²) in [5.41, 5.74) is 3.25. The molecule has 174 valence electrons. The summed E-state index contributed by atoms with van der Waals surface area (Å²) < 4.78 is 28.0. The summed E-state index contributed by atoms with van der Waals surface area (Å²) in [5.74, 6) is 1.69. The third-order valence-electron chi connectivity index (χ3n) is 7.71. The van der Waals surface area contributed by atoms with Crippen LogP contribution in [0.3, 0.4) is 0 Å². The molecule has 1 saturated carbocycles. The van der Waals surface area contributed by atoms with Gasteiger partial charge in [-0.1, -0.05) is 6.07 Å². The van der Waals surface area contributed by atoms with Crippen LogP contribution >= 0.6 is 0 Å². The Kier molecular flexibility index (Phi) is 7.88. The Labute approximate surface area is 187 Å². The molecule has 0 N–H and O–H groups in total. The van der Waals surface area contributed by atoms with Crippen LogP contribution in [0.1, 0.15) is 36.8 Å². The predicted octanol–water partition coefficient (Wildman–Crippen LogP) is 3.06. The van der Waals surface area contributed by atoms with E-state index < -0.39 is 0 Å². The number of hydrogen-bond donors (Lipinski definition) is 0. The highest BCUT2D eigenvalue weighted by atomic mass is 16.6. The second-order valence-corrected chi connectivity index (χ2v) is 9.28. The van der Waals surface area contributed by atoms with Gasteiger partial charge in [0, 0.05) is 18.6 Å². The minimum absolute atomic E-state index is 0.220. The van der Waals surface area contributed by atoms with Crippen molar-refractivity contribution in [1.82, 2.24) is 4.90 Å². The average molecular weight is 434 g/mol. The number of ether oxygens (including phenoxy) is 5. The van der Waals surface area contributed by atoms with E-state index >= 15 is 0 Å². The Morgan fingerprint density at radius 3 is 2.55 bits per heavy atom. The third kappa shape index (κ3) is 4.93. The van der Waals surface area contributed by atoms with Crippen molar-refractivity contribution in [2.24, 2.45) is 5.92 Å². The van der Waals surface area contributed by atoms with E-state index in [2.05, 4.69) is 30.1 Å². The molecule has 0 aromatic heterocycles. The predicted molar refractivity (Wildman–Crippen MR) is 120 cm³/mol. The standard InChI is InChI=1S/C25H39NO5/c1-26-9-8-25-18-21(31-15-14-30-13-12-29-11-10-27-2)6-7-22(25)24(26)16-19-4-5-20(28-3)17-23(19)25/h4-5,17,21-22,24H,6-16,18H2,1-3H3/t21?,22-,24+,25-/m0/s1. The lowest BCUT2D eigenvalue weighted by atomic mass is 9.52. The van der Waals surface area contributed by atoms with Crippen molar-refractivity contribution >= 4 is 0 Å². The van der Waals surface area contributed by atoms with E-state index in [1.54, 1.807) is 14.2 Å². The van der Waals surface area contributed by atoms with E-state index in [0.717, 1.165) is 31.6 Å². The van der Waals surface area contributed by atoms with Crippen LogP contribution in [0.4, 0.5) is 0 Å². The molecule has 0 amide bonds. The Hall–Kier alpha value is -1.18. The Morgan fingerprint density at radius 2 is 1.77 bits per heavy atom. The van der Waals surface area contributed by atoms with Gasteiger partial charge in [0.1, 0.15) is 5.75 Å². The molecule has 1 heterocycles. The quantitative estimate of drug-likeness (QED) is 0.500. The minimum Gasteiger partial charge on any atom is -0.497 e. The summed E-state index contributed by atoms with van der Waals surface area (Å²) in [6.45, 7) is 4.88. The van der Waals surface area contributed by atoms with Crippen molar-refractivity contribution in [3.8, 4) is 5.75 Å². The monoisotopic (exact) mass is 433 g/mol. The van der Waals surface area contributed by atoms with Gasteiger partial charge in [-0.2, -0.15) is 0 Å². The lowest BCUT2D eigenvalue weighted by Gasteiger charge is -2.59. The Bertz CT molecular complexity index is 713. The largest absolute Gasteiger partial charge is 0.497 e. The van der Waals surface area contributed by atoms with Crippen molar-refractivity contribution in [2.45, 2.75) is 49.7 Å². The van der Waals surface area contributed by atoms with Gasteiger partial charge >= 0.3 is 0 Å². The maximum atomic E-state index is 6.33. The number of piperidine rings is 1. The molecule has 6 nitrogen and oxygen atoms in total. The fraction of sp³-hybridized carbons (Fsp3) is 0.760. The molecule has 4 rings (SSSR count). The molecule has 2 bridgehead atoms. The van der Waals surface area contributed by atoms with Gasteiger partial charge in [0.25, 0.3) is 0 Å². The third-order valence-corrected chi connectivity index (χ3v) is 7.71. The lowest BCUT2D eigenvalue weighted by Crippen LogP contribution is -2.61. The summed E-state index contributed by atoms with van der Waals surface area (Å²) in [6.07, 6.45) is 6.18. The molecular formula is C25H39NO5. The van der Waals surface area contributed by atoms with Crippen LogP contribution in [0.15, 0.2) is 18.2 Å². The Morgan fingerprint density at radius 1 is 1.00 bits per heavy atom. The first-order chi connectivity index (χ1) is 15.2. The number of likely N-dealkylation sites (tertiary alicyclic amines) is 1. The number of fused-ring (bicyclic) bond motifs is 1. The van der Waals surface area contributed by atoms with Gasteiger partial charge in [0.2, 0.25) is 0 Å².